The average molecular weight is 274 g/mol. The predicted molar refractivity (Wildman–Crippen MR) is 66.4 cm³/mol. The van der Waals surface area contributed by atoms with E-state index in [9.17, 15) is 13.2 Å². The molecule has 0 amide bonds. The fourth-order valence-corrected chi connectivity index (χ4v) is 1.96. The highest BCUT2D eigenvalue weighted by atomic mass is 32.1. The third-order valence-electron chi connectivity index (χ3n) is 1.92. The van der Waals surface area contributed by atoms with Crippen molar-refractivity contribution in [3.05, 3.63) is 35.1 Å². The van der Waals surface area contributed by atoms with Crippen LogP contribution in [0.5, 0.6) is 0 Å². The van der Waals surface area contributed by atoms with Gasteiger partial charge in [0.1, 0.15) is 10.7 Å². The predicted octanol–water partition coefficient (Wildman–Crippen LogP) is 4.56. The number of halogens is 3. The molecule has 98 valence electrons. The summed E-state index contributed by atoms with van der Waals surface area (Å²) in [5, 5.41) is 2.52. The number of rotatable bonds is 1. The zero-order chi connectivity index (χ0) is 13.8. The first kappa shape index (κ1) is 14.6. The monoisotopic (exact) mass is 274 g/mol. The van der Waals surface area contributed by atoms with Crippen molar-refractivity contribution < 1.29 is 13.2 Å². The van der Waals surface area contributed by atoms with Crippen molar-refractivity contribution in [1.29, 1.82) is 0 Å². The van der Waals surface area contributed by atoms with E-state index >= 15 is 0 Å². The van der Waals surface area contributed by atoms with Crippen LogP contribution in [-0.4, -0.2) is 9.97 Å². The Hall–Kier alpha value is -1.43. The lowest BCUT2D eigenvalue weighted by Crippen LogP contribution is -2.07. The first-order chi connectivity index (χ1) is 8.47. The van der Waals surface area contributed by atoms with Crippen LogP contribution in [0.15, 0.2) is 23.7 Å². The Bertz CT molecular complexity index is 489. The van der Waals surface area contributed by atoms with Crippen LogP contribution in [0.3, 0.4) is 0 Å². The molecular weight excluding hydrogens is 261 g/mol. The average Bonchev–Trinajstić information content (AvgIpc) is 2.78. The number of alkyl halides is 3. The molecule has 0 N–H and O–H groups in total. The number of hydrogen-bond donors (Lipinski definition) is 0. The highest BCUT2D eigenvalue weighted by molar-refractivity contribution is 7.13. The molecule has 0 saturated heterocycles. The van der Waals surface area contributed by atoms with Crippen LogP contribution < -0.4 is 0 Å². The summed E-state index contributed by atoms with van der Waals surface area (Å²) in [5.41, 5.74) is 0.565. The van der Waals surface area contributed by atoms with Crippen LogP contribution in [0.25, 0.3) is 10.6 Å². The van der Waals surface area contributed by atoms with E-state index in [4.69, 9.17) is 0 Å². The van der Waals surface area contributed by atoms with Crippen LogP contribution in [-0.2, 0) is 6.18 Å². The van der Waals surface area contributed by atoms with Gasteiger partial charge in [-0.3, -0.25) is 4.98 Å². The second kappa shape index (κ2) is 5.95. The summed E-state index contributed by atoms with van der Waals surface area (Å²) in [4.78, 5) is 7.55. The zero-order valence-electron chi connectivity index (χ0n) is 10.2. The number of nitrogens with zero attached hydrogens (tertiary/aromatic N) is 2. The van der Waals surface area contributed by atoms with E-state index in [0.29, 0.717) is 10.6 Å². The van der Waals surface area contributed by atoms with Gasteiger partial charge in [0.2, 0.25) is 0 Å². The molecule has 0 fully saturated rings. The van der Waals surface area contributed by atoms with Gasteiger partial charge in [-0.2, -0.15) is 13.2 Å². The summed E-state index contributed by atoms with van der Waals surface area (Å²) in [6.45, 7) is 5.83. The molecule has 0 aliphatic carbocycles. The van der Waals surface area contributed by atoms with Gasteiger partial charge in [0.25, 0.3) is 0 Å². The van der Waals surface area contributed by atoms with Crippen molar-refractivity contribution in [2.45, 2.75) is 26.9 Å². The highest BCUT2D eigenvalue weighted by Crippen LogP contribution is 2.29. The number of aryl methyl sites for hydroxylation is 1. The quantitative estimate of drug-likeness (QED) is 0.762. The SMILES string of the molecule is CC.Cc1csc(-c2ccc(C(F)(F)F)nc2)n1. The number of hydrogen-bond acceptors (Lipinski definition) is 3. The fourth-order valence-electron chi connectivity index (χ4n) is 1.17. The molecule has 0 atom stereocenters. The van der Waals surface area contributed by atoms with E-state index in [2.05, 4.69) is 9.97 Å². The molecule has 2 aromatic heterocycles. The maximum Gasteiger partial charge on any atom is 0.433 e. The molecule has 0 aliphatic heterocycles. The molecule has 0 saturated carbocycles. The van der Waals surface area contributed by atoms with Crippen molar-refractivity contribution in [3.63, 3.8) is 0 Å². The Kier molecular flexibility index (Phi) is 4.84. The maximum atomic E-state index is 12.3. The molecule has 0 aliphatic rings. The van der Waals surface area contributed by atoms with Gasteiger partial charge in [-0.25, -0.2) is 4.98 Å². The molecule has 0 spiro atoms. The van der Waals surface area contributed by atoms with Gasteiger partial charge in [0.05, 0.1) is 0 Å². The molecular formula is C12H13F3N2S. The van der Waals surface area contributed by atoms with Gasteiger partial charge in [-0.05, 0) is 19.1 Å². The van der Waals surface area contributed by atoms with Crippen LogP contribution in [0, 0.1) is 6.92 Å². The number of aromatic nitrogens is 2. The van der Waals surface area contributed by atoms with Crippen molar-refractivity contribution in [2.24, 2.45) is 0 Å². The van der Waals surface area contributed by atoms with Gasteiger partial charge >= 0.3 is 6.18 Å². The minimum atomic E-state index is -4.39. The minimum absolute atomic E-state index is 0.603. The van der Waals surface area contributed by atoms with Crippen LogP contribution in [0.2, 0.25) is 0 Å². The van der Waals surface area contributed by atoms with E-state index in [1.54, 1.807) is 0 Å². The third kappa shape index (κ3) is 3.53. The highest BCUT2D eigenvalue weighted by Gasteiger charge is 2.32. The van der Waals surface area contributed by atoms with Gasteiger partial charge in [0.15, 0.2) is 0 Å². The Balaban J connectivity index is 0.000000771. The molecule has 0 bridgehead atoms. The Labute approximate surface area is 108 Å². The summed E-state index contributed by atoms with van der Waals surface area (Å²) in [5.74, 6) is 0. The molecule has 0 unspecified atom stereocenters. The first-order valence-corrected chi connectivity index (χ1v) is 6.30. The Morgan fingerprint density at radius 1 is 1.17 bits per heavy atom. The van der Waals surface area contributed by atoms with Crippen molar-refractivity contribution in [3.8, 4) is 10.6 Å². The molecule has 18 heavy (non-hydrogen) atoms. The smallest absolute Gasteiger partial charge is 0.251 e. The molecule has 0 radical (unpaired) electrons. The fraction of sp³-hybridized carbons (Fsp3) is 0.333. The van der Waals surface area contributed by atoms with Crippen LogP contribution in [0.1, 0.15) is 25.2 Å². The van der Waals surface area contributed by atoms with Crippen LogP contribution >= 0.6 is 11.3 Å². The van der Waals surface area contributed by atoms with Crippen molar-refractivity contribution >= 4 is 11.3 Å². The maximum absolute atomic E-state index is 12.3. The summed E-state index contributed by atoms with van der Waals surface area (Å²) in [6.07, 6.45) is -3.20. The lowest BCUT2D eigenvalue weighted by molar-refractivity contribution is -0.141. The lowest BCUT2D eigenvalue weighted by Gasteiger charge is -2.05. The van der Waals surface area contributed by atoms with Crippen molar-refractivity contribution in [2.75, 3.05) is 0 Å². The first-order valence-electron chi connectivity index (χ1n) is 5.42. The molecule has 2 aromatic rings. The van der Waals surface area contributed by atoms with Gasteiger partial charge in [-0.15, -0.1) is 11.3 Å². The Morgan fingerprint density at radius 3 is 2.22 bits per heavy atom. The normalized spacial score (nSPS) is 10.8. The lowest BCUT2D eigenvalue weighted by atomic mass is 10.2. The van der Waals surface area contributed by atoms with Crippen LogP contribution in [0.4, 0.5) is 13.2 Å². The zero-order valence-corrected chi connectivity index (χ0v) is 11.1. The molecule has 2 rings (SSSR count). The molecule has 2 nitrogen and oxygen atoms in total. The van der Waals surface area contributed by atoms with Gasteiger partial charge < -0.3 is 0 Å². The third-order valence-corrected chi connectivity index (χ3v) is 2.93. The van der Waals surface area contributed by atoms with E-state index < -0.39 is 11.9 Å². The summed E-state index contributed by atoms with van der Waals surface area (Å²) in [6, 6.07) is 2.35. The van der Waals surface area contributed by atoms with E-state index in [1.807, 2.05) is 26.2 Å². The second-order valence-corrected chi connectivity index (χ2v) is 4.08. The molecule has 0 aromatic carbocycles. The summed E-state index contributed by atoms with van der Waals surface area (Å²) >= 11 is 1.38. The van der Waals surface area contributed by atoms with Crippen molar-refractivity contribution in [1.82, 2.24) is 9.97 Å². The standard InChI is InChI=1S/C10H7F3N2S.C2H6/c1-6-5-16-9(15-6)7-2-3-8(14-4-7)10(11,12)13;1-2/h2-5H,1H3;1-2H3. The second-order valence-electron chi connectivity index (χ2n) is 3.22. The molecule has 2 heterocycles. The minimum Gasteiger partial charge on any atom is -0.251 e. The Morgan fingerprint density at radius 2 is 1.83 bits per heavy atom. The number of pyridine rings is 1. The molecule has 6 heteroatoms. The van der Waals surface area contributed by atoms with Gasteiger partial charge in [0, 0.05) is 22.8 Å². The van der Waals surface area contributed by atoms with E-state index in [0.717, 1.165) is 11.8 Å². The summed E-state index contributed by atoms with van der Waals surface area (Å²) in [7, 11) is 0. The summed E-state index contributed by atoms with van der Waals surface area (Å²) < 4.78 is 36.8. The van der Waals surface area contributed by atoms with E-state index in [-0.39, 0.29) is 0 Å². The largest absolute Gasteiger partial charge is 0.433 e. The topological polar surface area (TPSA) is 25.8 Å². The van der Waals surface area contributed by atoms with E-state index in [1.165, 1.54) is 23.6 Å². The van der Waals surface area contributed by atoms with Gasteiger partial charge in [-0.1, -0.05) is 13.8 Å². The number of thiazole rings is 1.